The Morgan fingerprint density at radius 1 is 0.850 bits per heavy atom. The fourth-order valence-corrected chi connectivity index (χ4v) is 4.44. The van der Waals surface area contributed by atoms with E-state index in [0.29, 0.717) is 25.0 Å². The third-order valence-electron chi connectivity index (χ3n) is 5.38. The van der Waals surface area contributed by atoms with Crippen LogP contribution in [0.1, 0.15) is 39.5 Å². The monoisotopic (exact) mass is 278 g/mol. The zero-order chi connectivity index (χ0) is 14.3. The highest BCUT2D eigenvalue weighted by Crippen LogP contribution is 2.59. The second kappa shape index (κ2) is 5.23. The van der Waals surface area contributed by atoms with Crippen molar-refractivity contribution in [1.82, 2.24) is 0 Å². The molecule has 0 aromatic rings. The smallest absolute Gasteiger partial charge is 0.302 e. The third kappa shape index (κ3) is 2.25. The summed E-state index contributed by atoms with van der Waals surface area (Å²) in [6.45, 7) is 3.66. The molecule has 0 spiro atoms. The van der Waals surface area contributed by atoms with Crippen LogP contribution >= 0.6 is 0 Å². The van der Waals surface area contributed by atoms with Crippen LogP contribution in [0.4, 0.5) is 0 Å². The fourth-order valence-electron chi connectivity index (χ4n) is 4.44. The van der Waals surface area contributed by atoms with Gasteiger partial charge in [0.05, 0.1) is 0 Å². The highest BCUT2D eigenvalue weighted by atomic mass is 16.5. The van der Waals surface area contributed by atoms with Gasteiger partial charge in [-0.2, -0.15) is 0 Å². The number of carbonyl (C=O) groups excluding carboxylic acids is 2. The van der Waals surface area contributed by atoms with E-state index in [1.54, 1.807) is 0 Å². The summed E-state index contributed by atoms with van der Waals surface area (Å²) in [6.07, 6.45) is 5.00. The van der Waals surface area contributed by atoms with Gasteiger partial charge in [-0.1, -0.05) is 0 Å². The van der Waals surface area contributed by atoms with E-state index in [1.165, 1.54) is 50.7 Å². The molecule has 110 valence electrons. The highest BCUT2D eigenvalue weighted by molar-refractivity contribution is 5.66. The topological polar surface area (TPSA) is 52.6 Å². The molecule has 0 saturated heterocycles. The Kier molecular flexibility index (Phi) is 3.57. The van der Waals surface area contributed by atoms with Crippen molar-refractivity contribution in [2.75, 3.05) is 13.2 Å². The van der Waals surface area contributed by atoms with Crippen molar-refractivity contribution in [1.29, 1.82) is 0 Å². The summed E-state index contributed by atoms with van der Waals surface area (Å²) in [6, 6.07) is 0. The van der Waals surface area contributed by atoms with E-state index in [0.717, 1.165) is 11.8 Å². The molecule has 0 heterocycles. The number of rotatable bonds is 4. The molecule has 2 saturated carbocycles. The maximum absolute atomic E-state index is 11.1. The molecular formula is C16H22O4. The van der Waals surface area contributed by atoms with Crippen LogP contribution in [0.25, 0.3) is 0 Å². The van der Waals surface area contributed by atoms with Crippen LogP contribution in [0.15, 0.2) is 11.1 Å². The number of carbonyl (C=O) groups is 2. The minimum Gasteiger partial charge on any atom is -0.461 e. The summed E-state index contributed by atoms with van der Waals surface area (Å²) in [5.74, 6) is 2.17. The summed E-state index contributed by atoms with van der Waals surface area (Å²) in [5, 5.41) is 0. The normalized spacial score (nSPS) is 34.3. The molecule has 4 aliphatic rings. The fraction of sp³-hybridized carbons (Fsp3) is 0.750. The average molecular weight is 278 g/mol. The lowest BCUT2D eigenvalue weighted by Gasteiger charge is -2.56. The lowest BCUT2D eigenvalue weighted by molar-refractivity contribution is -0.142. The Bertz CT molecular complexity index is 423. The molecule has 0 amide bonds. The molecule has 0 aliphatic heterocycles. The van der Waals surface area contributed by atoms with Crippen LogP contribution in [-0.4, -0.2) is 25.2 Å². The molecule has 4 heteroatoms. The van der Waals surface area contributed by atoms with Gasteiger partial charge in [-0.05, 0) is 60.5 Å². The van der Waals surface area contributed by atoms with E-state index >= 15 is 0 Å². The number of fused-ring (bicyclic) bond motifs is 1. The predicted molar refractivity (Wildman–Crippen MR) is 72.7 cm³/mol. The standard InChI is InChI=1S/C16H22O4/c1-9(17)19-7-15-13-5-6-14(12-4-3-11(12)13)16(15)8-20-10(2)18/h11-14H,3-8H2,1-2H3. The van der Waals surface area contributed by atoms with Gasteiger partial charge in [-0.25, -0.2) is 0 Å². The van der Waals surface area contributed by atoms with Crippen LogP contribution in [-0.2, 0) is 19.1 Å². The molecule has 4 nitrogen and oxygen atoms in total. The van der Waals surface area contributed by atoms with Crippen LogP contribution in [0.5, 0.6) is 0 Å². The molecule has 0 aromatic carbocycles. The van der Waals surface area contributed by atoms with Gasteiger partial charge in [0.1, 0.15) is 13.2 Å². The third-order valence-corrected chi connectivity index (χ3v) is 5.38. The molecule has 2 bridgehead atoms. The first-order valence-electron chi connectivity index (χ1n) is 7.56. The van der Waals surface area contributed by atoms with Crippen LogP contribution < -0.4 is 0 Å². The lowest BCUT2D eigenvalue weighted by Crippen LogP contribution is -2.49. The summed E-state index contributed by atoms with van der Waals surface area (Å²) < 4.78 is 10.5. The van der Waals surface area contributed by atoms with Crippen LogP contribution in [0.2, 0.25) is 0 Å². The Labute approximate surface area is 119 Å². The van der Waals surface area contributed by atoms with Gasteiger partial charge >= 0.3 is 11.9 Å². The summed E-state index contributed by atoms with van der Waals surface area (Å²) in [7, 11) is 0. The van der Waals surface area contributed by atoms with Crippen molar-refractivity contribution < 1.29 is 19.1 Å². The quantitative estimate of drug-likeness (QED) is 0.585. The number of hydrogen-bond donors (Lipinski definition) is 0. The van der Waals surface area contributed by atoms with Gasteiger partial charge in [0, 0.05) is 13.8 Å². The number of esters is 2. The summed E-state index contributed by atoms with van der Waals surface area (Å²) in [4.78, 5) is 22.2. The molecular weight excluding hydrogens is 256 g/mol. The van der Waals surface area contributed by atoms with Gasteiger partial charge < -0.3 is 9.47 Å². The van der Waals surface area contributed by atoms with Crippen molar-refractivity contribution in [2.45, 2.75) is 39.5 Å². The van der Waals surface area contributed by atoms with E-state index < -0.39 is 0 Å². The Morgan fingerprint density at radius 3 is 1.55 bits per heavy atom. The first kappa shape index (κ1) is 13.7. The van der Waals surface area contributed by atoms with Crippen molar-refractivity contribution >= 4 is 11.9 Å². The predicted octanol–water partition coefficient (Wildman–Crippen LogP) is 2.48. The molecule has 4 aliphatic carbocycles. The zero-order valence-corrected chi connectivity index (χ0v) is 12.2. The Morgan fingerprint density at radius 2 is 1.25 bits per heavy atom. The van der Waals surface area contributed by atoms with Crippen molar-refractivity contribution in [2.24, 2.45) is 23.7 Å². The Balaban J connectivity index is 1.83. The van der Waals surface area contributed by atoms with Crippen molar-refractivity contribution in [3.8, 4) is 0 Å². The zero-order valence-electron chi connectivity index (χ0n) is 12.2. The molecule has 4 rings (SSSR count). The first-order valence-corrected chi connectivity index (χ1v) is 7.56. The van der Waals surface area contributed by atoms with E-state index in [-0.39, 0.29) is 11.9 Å². The molecule has 0 N–H and O–H groups in total. The summed E-state index contributed by atoms with van der Waals surface area (Å²) in [5.41, 5.74) is 2.50. The van der Waals surface area contributed by atoms with Gasteiger partial charge in [0.25, 0.3) is 0 Å². The molecule has 0 radical (unpaired) electrons. The molecule has 4 atom stereocenters. The van der Waals surface area contributed by atoms with Crippen molar-refractivity contribution in [3.05, 3.63) is 11.1 Å². The number of ether oxygens (including phenoxy) is 2. The summed E-state index contributed by atoms with van der Waals surface area (Å²) >= 11 is 0. The van der Waals surface area contributed by atoms with E-state index in [2.05, 4.69) is 0 Å². The number of hydrogen-bond acceptors (Lipinski definition) is 4. The van der Waals surface area contributed by atoms with E-state index in [9.17, 15) is 9.59 Å². The van der Waals surface area contributed by atoms with Gasteiger partial charge in [0.2, 0.25) is 0 Å². The van der Waals surface area contributed by atoms with Crippen LogP contribution in [0.3, 0.4) is 0 Å². The molecule has 2 fully saturated rings. The second-order valence-corrected chi connectivity index (χ2v) is 6.31. The van der Waals surface area contributed by atoms with Gasteiger partial charge in [-0.15, -0.1) is 0 Å². The average Bonchev–Trinajstić information content (AvgIpc) is 2.33. The molecule has 20 heavy (non-hydrogen) atoms. The second-order valence-electron chi connectivity index (χ2n) is 6.31. The largest absolute Gasteiger partial charge is 0.461 e. The SMILES string of the molecule is CC(=O)OCC1=C(COC(C)=O)C2CCC1C1CCC21. The van der Waals surface area contributed by atoms with E-state index in [4.69, 9.17) is 9.47 Å². The van der Waals surface area contributed by atoms with Gasteiger partial charge in [0.15, 0.2) is 0 Å². The molecule has 0 aromatic heterocycles. The molecule has 4 unspecified atom stereocenters. The Hall–Kier alpha value is -1.32. The lowest BCUT2D eigenvalue weighted by atomic mass is 9.49. The minimum absolute atomic E-state index is 0.240. The van der Waals surface area contributed by atoms with E-state index in [1.807, 2.05) is 0 Å². The van der Waals surface area contributed by atoms with Crippen LogP contribution in [0, 0.1) is 23.7 Å². The maximum Gasteiger partial charge on any atom is 0.302 e. The highest BCUT2D eigenvalue weighted by Gasteiger charge is 2.52. The minimum atomic E-state index is -0.240. The van der Waals surface area contributed by atoms with Crippen molar-refractivity contribution in [3.63, 3.8) is 0 Å². The van der Waals surface area contributed by atoms with Gasteiger partial charge in [-0.3, -0.25) is 9.59 Å². The first-order chi connectivity index (χ1) is 9.58. The maximum atomic E-state index is 11.1.